The quantitative estimate of drug-likeness (QED) is 0.291. The smallest absolute Gasteiger partial charge is 0.391 e. The van der Waals surface area contributed by atoms with Crippen molar-refractivity contribution < 1.29 is 32.5 Å². The molecule has 4 aromatic rings. The number of methoxy groups -OCH3 is 2. The van der Waals surface area contributed by atoms with Gasteiger partial charge in [0.15, 0.2) is 0 Å². The first-order valence-corrected chi connectivity index (χ1v) is 13.9. The molecule has 1 N–H and O–H groups in total. The minimum atomic E-state index is -4.64. The molecule has 0 amide bonds. The predicted molar refractivity (Wildman–Crippen MR) is 142 cm³/mol. The highest BCUT2D eigenvalue weighted by Crippen LogP contribution is 2.44. The Labute approximate surface area is 243 Å². The third-order valence-electron chi connectivity index (χ3n) is 6.59. The van der Waals surface area contributed by atoms with E-state index < -0.39 is 48.3 Å². The number of thiazole rings is 1. The van der Waals surface area contributed by atoms with Crippen LogP contribution in [0.25, 0.3) is 16.4 Å². The van der Waals surface area contributed by atoms with Crippen molar-refractivity contribution in [2.75, 3.05) is 14.2 Å². The van der Waals surface area contributed by atoms with Gasteiger partial charge in [0, 0.05) is 30.3 Å². The Balaban J connectivity index is 1.62. The number of benzene rings is 1. The van der Waals surface area contributed by atoms with Gasteiger partial charge in [0.25, 0.3) is 0 Å². The van der Waals surface area contributed by atoms with Gasteiger partial charge in [0.2, 0.25) is 0 Å². The minimum absolute atomic E-state index is 0.206. The van der Waals surface area contributed by atoms with Gasteiger partial charge >= 0.3 is 6.18 Å². The molecule has 5 rings (SSSR count). The van der Waals surface area contributed by atoms with Crippen LogP contribution in [0.15, 0.2) is 46.5 Å². The number of rotatable bonds is 7. The largest absolute Gasteiger partial charge is 0.418 e. The Kier molecular flexibility index (Phi) is 8.34. The molecule has 40 heavy (non-hydrogen) atoms. The molecule has 1 saturated heterocycles. The van der Waals surface area contributed by atoms with Crippen molar-refractivity contribution in [2.45, 2.75) is 49.7 Å². The second-order valence-electron chi connectivity index (χ2n) is 9.04. The summed E-state index contributed by atoms with van der Waals surface area (Å²) in [5.74, 6) is 0. The van der Waals surface area contributed by atoms with E-state index in [1.807, 2.05) is 0 Å². The third kappa shape index (κ3) is 5.43. The van der Waals surface area contributed by atoms with Gasteiger partial charge in [0.1, 0.15) is 46.3 Å². The summed E-state index contributed by atoms with van der Waals surface area (Å²) in [7, 11) is 2.91. The molecule has 0 bridgehead atoms. The van der Waals surface area contributed by atoms with E-state index in [0.717, 1.165) is 10.7 Å². The Morgan fingerprint density at radius 3 is 2.58 bits per heavy atom. The average Bonchev–Trinajstić information content (AvgIpc) is 3.67. The molecule has 4 heterocycles. The number of hydrogen-bond acceptors (Lipinski definition) is 9. The topological polar surface area (TPSA) is 109 Å². The van der Waals surface area contributed by atoms with Crippen molar-refractivity contribution >= 4 is 38.9 Å². The number of ether oxygens (including phenoxy) is 3. The molecule has 1 aromatic carbocycles. The molecular weight excluding hydrogens is 641 g/mol. The SMILES string of the molecule is COC1C(n2cc(-c3nc(Cl)cs3)nn2)[C@@H](OC)C(C(C)O)O[C@H]1c1ccnn1-c1cc(Br)ccc1C(F)(F)F. The molecule has 10 nitrogen and oxygen atoms in total. The van der Waals surface area contributed by atoms with E-state index in [1.54, 1.807) is 17.6 Å². The molecule has 16 heteroatoms. The van der Waals surface area contributed by atoms with E-state index >= 15 is 0 Å². The Hall–Kier alpha value is -2.40. The second-order valence-corrected chi connectivity index (χ2v) is 11.2. The van der Waals surface area contributed by atoms with E-state index in [9.17, 15) is 18.3 Å². The highest BCUT2D eigenvalue weighted by molar-refractivity contribution is 9.10. The Bertz CT molecular complexity index is 1480. The van der Waals surface area contributed by atoms with Crippen LogP contribution < -0.4 is 0 Å². The van der Waals surface area contributed by atoms with E-state index in [0.29, 0.717) is 20.3 Å². The number of aliphatic hydroxyl groups is 1. The Morgan fingerprint density at radius 1 is 1.20 bits per heavy atom. The van der Waals surface area contributed by atoms with Crippen LogP contribution >= 0.6 is 38.9 Å². The molecule has 4 unspecified atom stereocenters. The van der Waals surface area contributed by atoms with Gasteiger partial charge in [0.05, 0.1) is 29.2 Å². The van der Waals surface area contributed by atoms with Gasteiger partial charge in [-0.1, -0.05) is 32.7 Å². The van der Waals surface area contributed by atoms with Gasteiger partial charge < -0.3 is 19.3 Å². The highest BCUT2D eigenvalue weighted by atomic mass is 79.9. The standard InChI is InChI=1S/C24H23BrClF3N6O4S/c1-11(36)19-21(37-2)18(34-9-14(32-33-34)23-31-17(26)10-40-23)22(38-3)20(39-19)15-6-7-30-35(15)16-8-12(25)4-5-13(16)24(27,28)29/h4-11,18-22,36H,1-3H3/t11?,18?,19?,20-,21+,22?/m0/s1. The molecule has 3 aromatic heterocycles. The molecule has 0 aliphatic carbocycles. The van der Waals surface area contributed by atoms with Crippen molar-refractivity contribution in [1.29, 1.82) is 0 Å². The highest BCUT2D eigenvalue weighted by Gasteiger charge is 2.51. The van der Waals surface area contributed by atoms with Gasteiger partial charge in [-0.05, 0) is 31.2 Å². The number of aromatic nitrogens is 6. The van der Waals surface area contributed by atoms with Crippen molar-refractivity contribution in [2.24, 2.45) is 0 Å². The van der Waals surface area contributed by atoms with Crippen molar-refractivity contribution in [3.63, 3.8) is 0 Å². The molecule has 1 fully saturated rings. The fourth-order valence-electron chi connectivity index (χ4n) is 4.89. The maximum Gasteiger partial charge on any atom is 0.418 e. The number of aliphatic hydroxyl groups excluding tert-OH is 1. The van der Waals surface area contributed by atoms with Crippen LogP contribution in [0.1, 0.15) is 30.3 Å². The third-order valence-corrected chi connectivity index (χ3v) is 8.27. The monoisotopic (exact) mass is 662 g/mol. The lowest BCUT2D eigenvalue weighted by molar-refractivity contribution is -0.235. The normalized spacial score (nSPS) is 24.4. The summed E-state index contributed by atoms with van der Waals surface area (Å²) >= 11 is 10.5. The van der Waals surface area contributed by atoms with Crippen LogP contribution in [0.2, 0.25) is 5.15 Å². The first-order valence-electron chi connectivity index (χ1n) is 11.9. The minimum Gasteiger partial charge on any atom is -0.391 e. The average molecular weight is 664 g/mol. The summed E-state index contributed by atoms with van der Waals surface area (Å²) in [5.41, 5.74) is -0.366. The fraction of sp³-hybridized carbons (Fsp3) is 0.417. The lowest BCUT2D eigenvalue weighted by atomic mass is 9.88. The Morgan fingerprint density at radius 2 is 1.95 bits per heavy atom. The first kappa shape index (κ1) is 29.1. The molecule has 214 valence electrons. The van der Waals surface area contributed by atoms with Gasteiger partial charge in [-0.3, -0.25) is 0 Å². The van der Waals surface area contributed by atoms with Crippen LogP contribution in [-0.2, 0) is 20.4 Å². The summed E-state index contributed by atoms with van der Waals surface area (Å²) in [6.45, 7) is 1.54. The molecular formula is C24H23BrClF3N6O4S. The van der Waals surface area contributed by atoms with Crippen molar-refractivity contribution in [3.8, 4) is 16.4 Å². The van der Waals surface area contributed by atoms with Gasteiger partial charge in [-0.2, -0.15) is 18.3 Å². The molecule has 1 aliphatic rings. The van der Waals surface area contributed by atoms with Crippen LogP contribution in [0.4, 0.5) is 13.2 Å². The molecule has 6 atom stereocenters. The van der Waals surface area contributed by atoms with Gasteiger partial charge in [-0.15, -0.1) is 16.4 Å². The summed E-state index contributed by atoms with van der Waals surface area (Å²) in [4.78, 5) is 4.23. The zero-order valence-corrected chi connectivity index (χ0v) is 24.3. The lowest BCUT2D eigenvalue weighted by Crippen LogP contribution is -2.56. The molecule has 1 aliphatic heterocycles. The number of halogens is 5. The second kappa shape index (κ2) is 11.5. The van der Waals surface area contributed by atoms with Crippen LogP contribution in [0, 0.1) is 0 Å². The molecule has 0 saturated carbocycles. The van der Waals surface area contributed by atoms with Crippen LogP contribution in [0.5, 0.6) is 0 Å². The zero-order chi connectivity index (χ0) is 28.8. The maximum absolute atomic E-state index is 14.0. The van der Waals surface area contributed by atoms with Crippen LogP contribution in [0.3, 0.4) is 0 Å². The van der Waals surface area contributed by atoms with Crippen LogP contribution in [-0.4, -0.2) is 73.5 Å². The number of hydrogen-bond donors (Lipinski definition) is 1. The summed E-state index contributed by atoms with van der Waals surface area (Å²) in [5, 5.41) is 25.9. The van der Waals surface area contributed by atoms with Crippen molar-refractivity contribution in [1.82, 2.24) is 29.8 Å². The zero-order valence-electron chi connectivity index (χ0n) is 21.2. The summed E-state index contributed by atoms with van der Waals surface area (Å²) in [6, 6.07) is 4.44. The molecule has 0 spiro atoms. The van der Waals surface area contributed by atoms with E-state index in [4.69, 9.17) is 25.8 Å². The number of alkyl halides is 3. The van der Waals surface area contributed by atoms with E-state index in [1.165, 1.54) is 55.5 Å². The predicted octanol–water partition coefficient (Wildman–Crippen LogP) is 5.11. The lowest BCUT2D eigenvalue weighted by Gasteiger charge is -2.46. The number of nitrogens with zero attached hydrogens (tertiary/aromatic N) is 6. The molecule has 0 radical (unpaired) electrons. The van der Waals surface area contributed by atoms with Gasteiger partial charge in [-0.25, -0.2) is 14.3 Å². The first-order chi connectivity index (χ1) is 19.0. The van der Waals surface area contributed by atoms with Crippen molar-refractivity contribution in [3.05, 3.63) is 62.9 Å². The summed E-state index contributed by atoms with van der Waals surface area (Å²) in [6.07, 6.45) is -6.19. The summed E-state index contributed by atoms with van der Waals surface area (Å²) < 4.78 is 63.1. The van der Waals surface area contributed by atoms with E-state index in [-0.39, 0.29) is 11.4 Å². The maximum atomic E-state index is 14.0. The fourth-order valence-corrected chi connectivity index (χ4v) is 6.13. The van der Waals surface area contributed by atoms with E-state index in [2.05, 4.69) is 36.3 Å².